The molecular formula is C23H22FN5O2. The summed E-state index contributed by atoms with van der Waals surface area (Å²) >= 11 is 0. The smallest absolute Gasteiger partial charge is 0.293 e. The Morgan fingerprint density at radius 3 is 2.55 bits per heavy atom. The van der Waals surface area contributed by atoms with Crippen molar-refractivity contribution in [1.29, 1.82) is 0 Å². The average Bonchev–Trinajstić information content (AvgIpc) is 3.17. The molecule has 2 aromatic carbocycles. The zero-order valence-electron chi connectivity index (χ0n) is 17.5. The van der Waals surface area contributed by atoms with Gasteiger partial charge in [-0.25, -0.2) is 13.8 Å². The van der Waals surface area contributed by atoms with Crippen LogP contribution < -0.4 is 10.9 Å². The molecule has 0 saturated carbocycles. The predicted octanol–water partition coefficient (Wildman–Crippen LogP) is 3.79. The van der Waals surface area contributed by atoms with Crippen molar-refractivity contribution < 1.29 is 9.18 Å². The van der Waals surface area contributed by atoms with Crippen LogP contribution in [0.15, 0.2) is 59.5 Å². The first-order valence-electron chi connectivity index (χ1n) is 9.96. The van der Waals surface area contributed by atoms with Crippen LogP contribution in [0.5, 0.6) is 0 Å². The van der Waals surface area contributed by atoms with E-state index in [1.807, 2.05) is 45.0 Å². The second kappa shape index (κ2) is 8.14. The number of nitrogens with one attached hydrogen (secondary N) is 1. The lowest BCUT2D eigenvalue weighted by atomic mass is 10.1. The fourth-order valence-electron chi connectivity index (χ4n) is 3.50. The van der Waals surface area contributed by atoms with Crippen LogP contribution in [-0.2, 0) is 11.3 Å². The minimum atomic E-state index is -0.549. The molecule has 0 aliphatic rings. The Balaban J connectivity index is 1.81. The van der Waals surface area contributed by atoms with Gasteiger partial charge >= 0.3 is 0 Å². The summed E-state index contributed by atoms with van der Waals surface area (Å²) in [6, 6.07) is 13.5. The van der Waals surface area contributed by atoms with E-state index in [0.717, 1.165) is 15.9 Å². The zero-order valence-corrected chi connectivity index (χ0v) is 17.5. The average molecular weight is 419 g/mol. The van der Waals surface area contributed by atoms with Gasteiger partial charge in [0.15, 0.2) is 0 Å². The highest BCUT2D eigenvalue weighted by atomic mass is 19.1. The SMILES string of the molecule is Cc1ccccc1-n1ncc2c(C(C)C)nn(CC(=O)Nc3ccccc3F)c(=O)c21. The van der Waals surface area contributed by atoms with Gasteiger partial charge in [-0.05, 0) is 36.6 Å². The van der Waals surface area contributed by atoms with Crippen molar-refractivity contribution in [2.45, 2.75) is 33.2 Å². The molecule has 0 radical (unpaired) electrons. The van der Waals surface area contributed by atoms with Gasteiger partial charge in [0.1, 0.15) is 17.9 Å². The first-order chi connectivity index (χ1) is 14.9. The quantitative estimate of drug-likeness (QED) is 0.534. The number of aryl methyl sites for hydroxylation is 1. The molecule has 7 nitrogen and oxygen atoms in total. The number of benzene rings is 2. The molecule has 2 heterocycles. The summed E-state index contributed by atoms with van der Waals surface area (Å²) in [4.78, 5) is 25.9. The van der Waals surface area contributed by atoms with Gasteiger partial charge in [-0.3, -0.25) is 9.59 Å². The van der Waals surface area contributed by atoms with E-state index in [9.17, 15) is 14.0 Å². The minimum Gasteiger partial charge on any atom is -0.322 e. The van der Waals surface area contributed by atoms with Crippen molar-refractivity contribution >= 4 is 22.5 Å². The van der Waals surface area contributed by atoms with Crippen molar-refractivity contribution in [3.8, 4) is 5.69 Å². The van der Waals surface area contributed by atoms with Gasteiger partial charge in [0.05, 0.1) is 23.3 Å². The fraction of sp³-hybridized carbons (Fsp3) is 0.217. The number of hydrogen-bond donors (Lipinski definition) is 1. The van der Waals surface area contributed by atoms with Crippen LogP contribution in [0.2, 0.25) is 0 Å². The predicted molar refractivity (Wildman–Crippen MR) is 117 cm³/mol. The van der Waals surface area contributed by atoms with Gasteiger partial charge < -0.3 is 5.32 Å². The highest BCUT2D eigenvalue weighted by Gasteiger charge is 2.20. The molecule has 0 aliphatic heterocycles. The lowest BCUT2D eigenvalue weighted by Gasteiger charge is -2.13. The Morgan fingerprint density at radius 2 is 1.84 bits per heavy atom. The molecule has 0 saturated heterocycles. The molecule has 0 fully saturated rings. The highest BCUT2D eigenvalue weighted by molar-refractivity contribution is 5.91. The lowest BCUT2D eigenvalue weighted by molar-refractivity contribution is -0.117. The Labute approximate surface area is 178 Å². The third-order valence-electron chi connectivity index (χ3n) is 5.04. The van der Waals surface area contributed by atoms with E-state index in [1.54, 1.807) is 16.9 Å². The minimum absolute atomic E-state index is 0.00139. The molecule has 1 N–H and O–H groups in total. The maximum atomic E-state index is 13.9. The van der Waals surface area contributed by atoms with Crippen LogP contribution in [0.3, 0.4) is 0 Å². The number of fused-ring (bicyclic) bond motifs is 1. The van der Waals surface area contributed by atoms with Gasteiger partial charge in [-0.15, -0.1) is 0 Å². The van der Waals surface area contributed by atoms with E-state index in [-0.39, 0.29) is 18.2 Å². The summed E-state index contributed by atoms with van der Waals surface area (Å²) in [5.41, 5.74) is 2.36. The van der Waals surface area contributed by atoms with E-state index < -0.39 is 17.3 Å². The Hall–Kier alpha value is -3.81. The topological polar surface area (TPSA) is 81.8 Å². The second-order valence-corrected chi connectivity index (χ2v) is 7.64. The fourth-order valence-corrected chi connectivity index (χ4v) is 3.50. The first-order valence-corrected chi connectivity index (χ1v) is 9.96. The molecule has 0 aliphatic carbocycles. The molecule has 8 heteroatoms. The number of anilines is 1. The second-order valence-electron chi connectivity index (χ2n) is 7.64. The Kier molecular flexibility index (Phi) is 5.37. The summed E-state index contributed by atoms with van der Waals surface area (Å²) in [5, 5.41) is 12.0. The molecule has 31 heavy (non-hydrogen) atoms. The van der Waals surface area contributed by atoms with Gasteiger partial charge in [0, 0.05) is 5.39 Å². The van der Waals surface area contributed by atoms with Gasteiger partial charge in [-0.1, -0.05) is 44.2 Å². The van der Waals surface area contributed by atoms with Gasteiger partial charge in [-0.2, -0.15) is 10.2 Å². The number of carbonyl (C=O) groups excluding carboxylic acids is 1. The number of aromatic nitrogens is 4. The molecule has 2 aromatic heterocycles. The number of nitrogens with zero attached hydrogens (tertiary/aromatic N) is 4. The molecule has 0 spiro atoms. The molecule has 1 amide bonds. The maximum Gasteiger partial charge on any atom is 0.293 e. The largest absolute Gasteiger partial charge is 0.322 e. The van der Waals surface area contributed by atoms with Gasteiger partial charge in [0.25, 0.3) is 5.56 Å². The van der Waals surface area contributed by atoms with E-state index in [0.29, 0.717) is 16.6 Å². The summed E-state index contributed by atoms with van der Waals surface area (Å²) in [6.07, 6.45) is 1.63. The molecule has 0 unspecified atom stereocenters. The van der Waals surface area contributed by atoms with Crippen LogP contribution in [0.1, 0.15) is 31.0 Å². The molecular weight excluding hydrogens is 397 g/mol. The summed E-state index contributed by atoms with van der Waals surface area (Å²) in [7, 11) is 0. The van der Waals surface area contributed by atoms with Crippen LogP contribution in [-0.4, -0.2) is 25.5 Å². The number of hydrogen-bond acceptors (Lipinski definition) is 4. The van der Waals surface area contributed by atoms with E-state index in [2.05, 4.69) is 15.5 Å². The highest BCUT2D eigenvalue weighted by Crippen LogP contribution is 2.24. The molecule has 0 atom stereocenters. The maximum absolute atomic E-state index is 13.9. The van der Waals surface area contributed by atoms with Crippen molar-refractivity contribution in [1.82, 2.24) is 19.6 Å². The Morgan fingerprint density at radius 1 is 1.13 bits per heavy atom. The number of rotatable bonds is 5. The summed E-state index contributed by atoms with van der Waals surface area (Å²) in [6.45, 7) is 5.51. The van der Waals surface area contributed by atoms with E-state index in [4.69, 9.17) is 0 Å². The molecule has 4 aromatic rings. The van der Waals surface area contributed by atoms with Crippen molar-refractivity contribution in [3.63, 3.8) is 0 Å². The van der Waals surface area contributed by atoms with Crippen molar-refractivity contribution in [3.05, 3.63) is 82.2 Å². The monoisotopic (exact) mass is 419 g/mol. The molecule has 4 rings (SSSR count). The normalized spacial score (nSPS) is 11.3. The van der Waals surface area contributed by atoms with E-state index in [1.165, 1.54) is 18.2 Å². The van der Waals surface area contributed by atoms with Crippen LogP contribution in [0.4, 0.5) is 10.1 Å². The first kappa shape index (κ1) is 20.5. The summed E-state index contributed by atoms with van der Waals surface area (Å²) < 4.78 is 16.6. The van der Waals surface area contributed by atoms with E-state index >= 15 is 0 Å². The van der Waals surface area contributed by atoms with Crippen LogP contribution in [0, 0.1) is 12.7 Å². The standard InChI is InChI=1S/C23H22FN5O2/c1-14(2)21-16-12-25-29(19-11-7-4-8-15(19)3)22(16)23(31)28(27-21)13-20(30)26-18-10-6-5-9-17(18)24/h4-12,14H,13H2,1-3H3,(H,26,30). The van der Waals surface area contributed by atoms with Crippen LogP contribution >= 0.6 is 0 Å². The summed E-state index contributed by atoms with van der Waals surface area (Å²) in [5.74, 6) is -1.10. The number of halogens is 1. The number of carbonyl (C=O) groups is 1. The zero-order chi connectivity index (χ0) is 22.1. The van der Waals surface area contributed by atoms with Crippen molar-refractivity contribution in [2.24, 2.45) is 0 Å². The Bertz CT molecular complexity index is 1340. The van der Waals surface area contributed by atoms with Crippen molar-refractivity contribution in [2.75, 3.05) is 5.32 Å². The molecule has 0 bridgehead atoms. The third kappa shape index (κ3) is 3.84. The lowest BCUT2D eigenvalue weighted by Crippen LogP contribution is -2.32. The number of para-hydroxylation sites is 2. The molecule has 158 valence electrons. The number of amides is 1. The van der Waals surface area contributed by atoms with Gasteiger partial charge in [0.2, 0.25) is 5.91 Å². The third-order valence-corrected chi connectivity index (χ3v) is 5.04. The van der Waals surface area contributed by atoms with Crippen LogP contribution in [0.25, 0.3) is 16.6 Å².